The molecule has 2 aliphatic rings. The summed E-state index contributed by atoms with van der Waals surface area (Å²) >= 11 is 0. The molecule has 186 valence electrons. The van der Waals surface area contributed by atoms with Gasteiger partial charge in [0.25, 0.3) is 0 Å². The molecule has 2 fully saturated rings. The van der Waals surface area contributed by atoms with E-state index < -0.39 is 11.7 Å². The van der Waals surface area contributed by atoms with Crippen molar-refractivity contribution in [1.29, 1.82) is 0 Å². The van der Waals surface area contributed by atoms with Crippen LogP contribution in [0.25, 0.3) is 11.0 Å². The Kier molecular flexibility index (Phi) is 6.44. The van der Waals surface area contributed by atoms with Crippen molar-refractivity contribution < 1.29 is 18.0 Å². The van der Waals surface area contributed by atoms with E-state index in [1.165, 1.54) is 12.1 Å². The third-order valence-corrected chi connectivity index (χ3v) is 7.24. The van der Waals surface area contributed by atoms with E-state index in [1.807, 2.05) is 30.1 Å². The van der Waals surface area contributed by atoms with Gasteiger partial charge in [-0.05, 0) is 43.7 Å². The summed E-state index contributed by atoms with van der Waals surface area (Å²) < 4.78 is 42.4. The van der Waals surface area contributed by atoms with Crippen molar-refractivity contribution in [3.63, 3.8) is 0 Å². The van der Waals surface area contributed by atoms with E-state index in [9.17, 15) is 18.0 Å². The Labute approximate surface area is 202 Å². The fraction of sp³-hybridized carbons (Fsp3) is 0.462. The molecule has 0 aliphatic carbocycles. The number of aryl methyl sites for hydroxylation is 1. The Morgan fingerprint density at radius 2 is 1.71 bits per heavy atom. The summed E-state index contributed by atoms with van der Waals surface area (Å²) in [4.78, 5) is 23.9. The molecule has 1 aromatic heterocycles. The van der Waals surface area contributed by atoms with Gasteiger partial charge < -0.3 is 14.4 Å². The van der Waals surface area contributed by atoms with Gasteiger partial charge in [-0.3, -0.25) is 9.69 Å². The second-order valence-electron chi connectivity index (χ2n) is 9.48. The van der Waals surface area contributed by atoms with Crippen LogP contribution in [0.3, 0.4) is 0 Å². The highest BCUT2D eigenvalue weighted by Crippen LogP contribution is 2.36. The first-order chi connectivity index (χ1) is 16.8. The van der Waals surface area contributed by atoms with Crippen molar-refractivity contribution in [2.24, 2.45) is 13.0 Å². The van der Waals surface area contributed by atoms with Crippen LogP contribution in [0.1, 0.15) is 24.2 Å². The number of hydrogen-bond donors (Lipinski definition) is 0. The molecule has 1 atom stereocenters. The molecule has 0 unspecified atom stereocenters. The van der Waals surface area contributed by atoms with E-state index in [0.29, 0.717) is 39.3 Å². The molecule has 0 saturated carbocycles. The lowest BCUT2D eigenvalue weighted by atomic mass is 9.96. The van der Waals surface area contributed by atoms with E-state index >= 15 is 0 Å². The summed E-state index contributed by atoms with van der Waals surface area (Å²) in [7, 11) is 2.02. The minimum atomic E-state index is -4.39. The SMILES string of the molecule is Cn1c(CN2CCC[C@H](C(=O)N3CCN(c4ccccc4C(F)(F)F)CC3)C2)nc2ccccc21. The quantitative estimate of drug-likeness (QED) is 0.557. The van der Waals surface area contributed by atoms with Crippen molar-refractivity contribution in [2.75, 3.05) is 44.2 Å². The molecule has 3 aromatic rings. The average molecular weight is 486 g/mol. The molecule has 5 rings (SSSR count). The summed E-state index contributed by atoms with van der Waals surface area (Å²) in [5.74, 6) is 1.01. The lowest BCUT2D eigenvalue weighted by Crippen LogP contribution is -2.52. The summed E-state index contributed by atoms with van der Waals surface area (Å²) in [5.41, 5.74) is 1.64. The number of piperazine rings is 1. The number of alkyl halides is 3. The maximum Gasteiger partial charge on any atom is 0.418 e. The molecule has 3 heterocycles. The van der Waals surface area contributed by atoms with Crippen LogP contribution in [0.4, 0.5) is 18.9 Å². The van der Waals surface area contributed by atoms with Gasteiger partial charge in [0, 0.05) is 45.5 Å². The number of hydrogen-bond acceptors (Lipinski definition) is 4. The summed E-state index contributed by atoms with van der Waals surface area (Å²) in [6, 6.07) is 13.7. The van der Waals surface area contributed by atoms with Crippen LogP contribution < -0.4 is 4.90 Å². The lowest BCUT2D eigenvalue weighted by Gasteiger charge is -2.40. The van der Waals surface area contributed by atoms with E-state index in [2.05, 4.69) is 15.5 Å². The third kappa shape index (κ3) is 4.87. The van der Waals surface area contributed by atoms with Gasteiger partial charge in [-0.2, -0.15) is 13.2 Å². The molecule has 9 heteroatoms. The number of aromatic nitrogens is 2. The minimum Gasteiger partial charge on any atom is -0.367 e. The topological polar surface area (TPSA) is 44.6 Å². The number of piperidine rings is 1. The predicted octanol–water partition coefficient (Wildman–Crippen LogP) is 4.15. The number of rotatable bonds is 4. The van der Waals surface area contributed by atoms with Gasteiger partial charge in [-0.15, -0.1) is 0 Å². The maximum atomic E-state index is 13.4. The minimum absolute atomic E-state index is 0.0903. The molecule has 0 radical (unpaired) electrons. The molecule has 1 amide bonds. The summed E-state index contributed by atoms with van der Waals surface area (Å²) in [6.07, 6.45) is -2.61. The summed E-state index contributed by atoms with van der Waals surface area (Å²) in [6.45, 7) is 3.97. The molecule has 2 saturated heterocycles. The number of fused-ring (bicyclic) bond motifs is 1. The van der Waals surface area contributed by atoms with Crippen molar-refractivity contribution >= 4 is 22.6 Å². The zero-order valence-corrected chi connectivity index (χ0v) is 19.8. The Morgan fingerprint density at radius 1 is 1.00 bits per heavy atom. The van der Waals surface area contributed by atoms with E-state index in [4.69, 9.17) is 4.98 Å². The van der Waals surface area contributed by atoms with Crippen LogP contribution in [-0.4, -0.2) is 64.5 Å². The molecule has 6 nitrogen and oxygen atoms in total. The number of imidazole rings is 1. The summed E-state index contributed by atoms with van der Waals surface area (Å²) in [5, 5.41) is 0. The average Bonchev–Trinajstić information content (AvgIpc) is 3.18. The number of halogens is 3. The Bertz CT molecular complexity index is 1200. The van der Waals surface area contributed by atoms with Crippen molar-refractivity contribution in [3.8, 4) is 0 Å². The highest BCUT2D eigenvalue weighted by molar-refractivity contribution is 5.79. The number of nitrogens with zero attached hydrogens (tertiary/aromatic N) is 5. The standard InChI is InChI=1S/C26H30F3N5O/c1-31-23-11-5-3-9-21(23)30-24(31)18-32-12-6-7-19(17-32)25(35)34-15-13-33(14-16-34)22-10-4-2-8-20(22)26(27,28)29/h2-5,8-11,19H,6-7,12-18H2,1H3/t19-/m0/s1. The van der Waals surface area contributed by atoms with Crippen molar-refractivity contribution in [2.45, 2.75) is 25.6 Å². The zero-order chi connectivity index (χ0) is 24.6. The van der Waals surface area contributed by atoms with Crippen LogP contribution in [0.5, 0.6) is 0 Å². The first kappa shape index (κ1) is 23.7. The molecule has 35 heavy (non-hydrogen) atoms. The highest BCUT2D eigenvalue weighted by atomic mass is 19.4. The van der Waals surface area contributed by atoms with E-state index in [-0.39, 0.29) is 17.5 Å². The van der Waals surface area contributed by atoms with Gasteiger partial charge >= 0.3 is 6.18 Å². The smallest absolute Gasteiger partial charge is 0.367 e. The molecule has 2 aromatic carbocycles. The molecular formula is C26H30F3N5O. The first-order valence-electron chi connectivity index (χ1n) is 12.1. The maximum absolute atomic E-state index is 13.4. The van der Waals surface area contributed by atoms with Crippen LogP contribution >= 0.6 is 0 Å². The zero-order valence-electron chi connectivity index (χ0n) is 19.8. The highest BCUT2D eigenvalue weighted by Gasteiger charge is 2.36. The van der Waals surface area contributed by atoms with Crippen molar-refractivity contribution in [1.82, 2.24) is 19.4 Å². The molecular weight excluding hydrogens is 455 g/mol. The molecule has 0 bridgehead atoms. The Morgan fingerprint density at radius 3 is 2.46 bits per heavy atom. The van der Waals surface area contributed by atoms with Crippen LogP contribution in [0, 0.1) is 5.92 Å². The molecule has 2 aliphatic heterocycles. The molecule has 0 spiro atoms. The number of carbonyl (C=O) groups excluding carboxylic acids is 1. The van der Waals surface area contributed by atoms with Crippen LogP contribution in [0.15, 0.2) is 48.5 Å². The van der Waals surface area contributed by atoms with E-state index in [0.717, 1.165) is 42.3 Å². The Hall–Kier alpha value is -3.07. The Balaban J connectivity index is 1.20. The van der Waals surface area contributed by atoms with Gasteiger partial charge in [-0.25, -0.2) is 4.98 Å². The van der Waals surface area contributed by atoms with E-state index in [1.54, 1.807) is 11.0 Å². The van der Waals surface area contributed by atoms with Gasteiger partial charge in [0.2, 0.25) is 5.91 Å². The van der Waals surface area contributed by atoms with Crippen molar-refractivity contribution in [3.05, 3.63) is 59.9 Å². The monoisotopic (exact) mass is 485 g/mol. The number of para-hydroxylation sites is 3. The molecule has 0 N–H and O–H groups in total. The fourth-order valence-electron chi connectivity index (χ4n) is 5.35. The van der Waals surface area contributed by atoms with Crippen LogP contribution in [-0.2, 0) is 24.6 Å². The second-order valence-corrected chi connectivity index (χ2v) is 9.48. The third-order valence-electron chi connectivity index (χ3n) is 7.24. The number of likely N-dealkylation sites (tertiary alicyclic amines) is 1. The fourth-order valence-corrected chi connectivity index (χ4v) is 5.35. The number of anilines is 1. The van der Waals surface area contributed by atoms with Crippen LogP contribution in [0.2, 0.25) is 0 Å². The first-order valence-corrected chi connectivity index (χ1v) is 12.1. The largest absolute Gasteiger partial charge is 0.418 e. The number of benzene rings is 2. The van der Waals surface area contributed by atoms with Gasteiger partial charge in [0.15, 0.2) is 0 Å². The number of carbonyl (C=O) groups is 1. The van der Waals surface area contributed by atoms with Gasteiger partial charge in [0.05, 0.1) is 29.1 Å². The van der Waals surface area contributed by atoms with Gasteiger partial charge in [0.1, 0.15) is 5.82 Å². The van der Waals surface area contributed by atoms with Gasteiger partial charge in [-0.1, -0.05) is 24.3 Å². The number of amides is 1. The predicted molar refractivity (Wildman–Crippen MR) is 129 cm³/mol. The lowest BCUT2D eigenvalue weighted by molar-refractivity contribution is -0.139. The second kappa shape index (κ2) is 9.53. The normalized spacial score (nSPS) is 19.9.